The van der Waals surface area contributed by atoms with Crippen molar-refractivity contribution >= 4 is 0 Å². The fourth-order valence-corrected chi connectivity index (χ4v) is 4.58. The van der Waals surface area contributed by atoms with Gasteiger partial charge in [0.15, 0.2) is 0 Å². The van der Waals surface area contributed by atoms with Crippen LogP contribution in [0, 0.1) is 11.3 Å². The van der Waals surface area contributed by atoms with Crippen LogP contribution < -0.4 is 5.32 Å². The van der Waals surface area contributed by atoms with Crippen LogP contribution in [0.5, 0.6) is 0 Å². The van der Waals surface area contributed by atoms with Crippen molar-refractivity contribution in [2.45, 2.75) is 64.5 Å². The zero-order chi connectivity index (χ0) is 11.9. The van der Waals surface area contributed by atoms with Crippen LogP contribution in [0.1, 0.15) is 52.4 Å². The summed E-state index contributed by atoms with van der Waals surface area (Å²) < 4.78 is 0. The third-order valence-corrected chi connectivity index (χ3v) is 5.57. The maximum atomic E-state index is 3.62. The van der Waals surface area contributed by atoms with E-state index in [9.17, 15) is 0 Å². The van der Waals surface area contributed by atoms with E-state index in [2.05, 4.69) is 24.1 Å². The number of nitrogens with one attached hydrogen (secondary N) is 1. The van der Waals surface area contributed by atoms with Gasteiger partial charge in [-0.25, -0.2) is 0 Å². The zero-order valence-electron chi connectivity index (χ0n) is 11.5. The van der Waals surface area contributed by atoms with Crippen molar-refractivity contribution in [1.29, 1.82) is 0 Å². The van der Waals surface area contributed by atoms with Crippen LogP contribution >= 0.6 is 0 Å². The molecule has 2 heteroatoms. The minimum absolute atomic E-state index is 0.544. The van der Waals surface area contributed by atoms with Gasteiger partial charge in [-0.1, -0.05) is 26.7 Å². The third-order valence-electron chi connectivity index (χ3n) is 5.57. The van der Waals surface area contributed by atoms with Crippen molar-refractivity contribution in [2.75, 3.05) is 19.6 Å². The van der Waals surface area contributed by atoms with E-state index in [0.29, 0.717) is 5.41 Å². The Morgan fingerprint density at radius 3 is 2.76 bits per heavy atom. The normalized spacial score (nSPS) is 42.4. The number of piperidine rings is 1. The van der Waals surface area contributed by atoms with Crippen LogP contribution in [0.15, 0.2) is 0 Å². The number of hydrogen-bond acceptors (Lipinski definition) is 2. The largest absolute Gasteiger partial charge is 0.315 e. The van der Waals surface area contributed by atoms with E-state index in [4.69, 9.17) is 0 Å². The monoisotopic (exact) mass is 236 g/mol. The van der Waals surface area contributed by atoms with E-state index in [1.807, 2.05) is 0 Å². The van der Waals surface area contributed by atoms with Gasteiger partial charge in [-0.15, -0.1) is 0 Å². The average Bonchev–Trinajstić information content (AvgIpc) is 2.76. The number of fused-ring (bicyclic) bond motifs is 1. The Morgan fingerprint density at radius 2 is 1.94 bits per heavy atom. The highest BCUT2D eigenvalue weighted by Crippen LogP contribution is 2.42. The van der Waals surface area contributed by atoms with Gasteiger partial charge in [0, 0.05) is 18.6 Å². The number of likely N-dealkylation sites (tertiary alicyclic amines) is 1. The Bertz CT molecular complexity index is 274. The minimum atomic E-state index is 0.544. The molecule has 0 aromatic heterocycles. The lowest BCUT2D eigenvalue weighted by molar-refractivity contribution is -0.00762. The van der Waals surface area contributed by atoms with E-state index in [1.54, 1.807) is 0 Å². The number of nitrogens with zero attached hydrogens (tertiary/aromatic N) is 1. The maximum absolute atomic E-state index is 3.62. The molecule has 2 heterocycles. The average molecular weight is 236 g/mol. The summed E-state index contributed by atoms with van der Waals surface area (Å²) in [5.41, 5.74) is 0.544. The molecule has 0 bridgehead atoms. The van der Waals surface area contributed by atoms with Gasteiger partial charge in [0.2, 0.25) is 0 Å². The summed E-state index contributed by atoms with van der Waals surface area (Å²) in [6.45, 7) is 8.88. The van der Waals surface area contributed by atoms with Crippen molar-refractivity contribution in [3.8, 4) is 0 Å². The molecule has 17 heavy (non-hydrogen) atoms. The van der Waals surface area contributed by atoms with Crippen LogP contribution in [-0.4, -0.2) is 36.6 Å². The van der Waals surface area contributed by atoms with Crippen molar-refractivity contribution in [1.82, 2.24) is 10.2 Å². The second-order valence-electron chi connectivity index (χ2n) is 7.12. The van der Waals surface area contributed by atoms with Gasteiger partial charge >= 0.3 is 0 Å². The Hall–Kier alpha value is -0.0800. The highest BCUT2D eigenvalue weighted by Gasteiger charge is 2.43. The molecule has 0 aromatic rings. The molecule has 2 aliphatic heterocycles. The molecule has 3 rings (SSSR count). The molecule has 1 N–H and O–H groups in total. The first-order valence-corrected chi connectivity index (χ1v) is 7.65. The van der Waals surface area contributed by atoms with Gasteiger partial charge in [-0.2, -0.15) is 0 Å². The molecule has 3 aliphatic rings. The molecule has 0 aromatic carbocycles. The molecular formula is C15H28N2. The highest BCUT2D eigenvalue weighted by molar-refractivity contribution is 4.99. The van der Waals surface area contributed by atoms with Crippen LogP contribution in [0.25, 0.3) is 0 Å². The summed E-state index contributed by atoms with van der Waals surface area (Å²) in [5.74, 6) is 0.946. The molecule has 3 unspecified atom stereocenters. The van der Waals surface area contributed by atoms with Crippen LogP contribution in [-0.2, 0) is 0 Å². The van der Waals surface area contributed by atoms with Crippen LogP contribution in [0.3, 0.4) is 0 Å². The van der Waals surface area contributed by atoms with Crippen LogP contribution in [0.2, 0.25) is 0 Å². The van der Waals surface area contributed by atoms with Gasteiger partial charge in [0.05, 0.1) is 0 Å². The quantitative estimate of drug-likeness (QED) is 0.753. The Morgan fingerprint density at radius 1 is 1.06 bits per heavy atom. The molecule has 2 nitrogen and oxygen atoms in total. The molecule has 0 radical (unpaired) electrons. The molecule has 0 amide bonds. The van der Waals surface area contributed by atoms with Crippen molar-refractivity contribution in [3.63, 3.8) is 0 Å². The Labute approximate surface area is 106 Å². The standard InChI is InChI=1S/C15H28N2/c1-15(2)8-4-3-7-14(15)17-9-5-6-12-10-16-11-13(12)17/h12-14,16H,3-11H2,1-2H3. The van der Waals surface area contributed by atoms with Crippen molar-refractivity contribution in [3.05, 3.63) is 0 Å². The first kappa shape index (κ1) is 12.0. The summed E-state index contributed by atoms with van der Waals surface area (Å²) in [6, 6.07) is 1.70. The molecule has 2 saturated heterocycles. The summed E-state index contributed by atoms with van der Waals surface area (Å²) >= 11 is 0. The predicted octanol–water partition coefficient (Wildman–Crippen LogP) is 2.64. The highest BCUT2D eigenvalue weighted by atomic mass is 15.2. The Kier molecular flexibility index (Phi) is 3.20. The van der Waals surface area contributed by atoms with Crippen LogP contribution in [0.4, 0.5) is 0 Å². The second-order valence-corrected chi connectivity index (χ2v) is 7.12. The third kappa shape index (κ3) is 2.15. The summed E-state index contributed by atoms with van der Waals surface area (Å²) in [7, 11) is 0. The van der Waals surface area contributed by atoms with Crippen molar-refractivity contribution < 1.29 is 0 Å². The summed E-state index contributed by atoms with van der Waals surface area (Å²) in [4.78, 5) is 2.90. The lowest BCUT2D eigenvalue weighted by Crippen LogP contribution is -2.56. The number of rotatable bonds is 1. The van der Waals surface area contributed by atoms with Gasteiger partial charge in [0.1, 0.15) is 0 Å². The molecular weight excluding hydrogens is 208 g/mol. The SMILES string of the molecule is CC1(C)CCCCC1N1CCCC2CNCC21. The van der Waals surface area contributed by atoms with E-state index in [1.165, 1.54) is 58.2 Å². The minimum Gasteiger partial charge on any atom is -0.315 e. The predicted molar refractivity (Wildman–Crippen MR) is 72.1 cm³/mol. The topological polar surface area (TPSA) is 15.3 Å². The molecule has 0 spiro atoms. The summed E-state index contributed by atoms with van der Waals surface area (Å²) in [6.07, 6.45) is 8.66. The second kappa shape index (κ2) is 4.55. The van der Waals surface area contributed by atoms with E-state index >= 15 is 0 Å². The molecule has 98 valence electrons. The smallest absolute Gasteiger partial charge is 0.0264 e. The van der Waals surface area contributed by atoms with Crippen molar-refractivity contribution in [2.24, 2.45) is 11.3 Å². The zero-order valence-corrected chi connectivity index (χ0v) is 11.5. The number of hydrogen-bond donors (Lipinski definition) is 1. The molecule has 3 atom stereocenters. The molecule has 3 fully saturated rings. The Balaban J connectivity index is 1.77. The summed E-state index contributed by atoms with van der Waals surface area (Å²) in [5, 5.41) is 3.62. The van der Waals surface area contributed by atoms with Gasteiger partial charge < -0.3 is 5.32 Å². The maximum Gasteiger partial charge on any atom is 0.0264 e. The first-order valence-electron chi connectivity index (χ1n) is 7.65. The lowest BCUT2D eigenvalue weighted by Gasteiger charge is -2.50. The fourth-order valence-electron chi connectivity index (χ4n) is 4.58. The first-order chi connectivity index (χ1) is 8.18. The molecule has 1 saturated carbocycles. The van der Waals surface area contributed by atoms with E-state index < -0.39 is 0 Å². The van der Waals surface area contributed by atoms with E-state index in [-0.39, 0.29) is 0 Å². The lowest BCUT2D eigenvalue weighted by atomic mass is 9.71. The van der Waals surface area contributed by atoms with Gasteiger partial charge in [0.25, 0.3) is 0 Å². The van der Waals surface area contributed by atoms with Gasteiger partial charge in [-0.3, -0.25) is 4.90 Å². The fraction of sp³-hybridized carbons (Fsp3) is 1.00. The van der Waals surface area contributed by atoms with Gasteiger partial charge in [-0.05, 0) is 50.1 Å². The van der Waals surface area contributed by atoms with E-state index in [0.717, 1.165) is 18.0 Å². The molecule has 1 aliphatic carbocycles.